The second-order valence-corrected chi connectivity index (χ2v) is 4.47. The van der Waals surface area contributed by atoms with E-state index in [9.17, 15) is 19.2 Å². The van der Waals surface area contributed by atoms with Crippen LogP contribution in [-0.2, 0) is 13.6 Å². The lowest BCUT2D eigenvalue weighted by molar-refractivity contribution is 0.722. The third kappa shape index (κ3) is 1.86. The van der Waals surface area contributed by atoms with E-state index < -0.39 is 22.2 Å². The molecule has 0 radical (unpaired) electrons. The molecule has 112 valence electrons. The molecule has 21 heavy (non-hydrogen) atoms. The van der Waals surface area contributed by atoms with Gasteiger partial charge in [-0.2, -0.15) is 0 Å². The monoisotopic (exact) mass is 290 g/mol. The van der Waals surface area contributed by atoms with Crippen LogP contribution >= 0.6 is 0 Å². The van der Waals surface area contributed by atoms with E-state index in [1.807, 2.05) is 0 Å². The fourth-order valence-electron chi connectivity index (χ4n) is 2.43. The number of hydrogen-bond donors (Lipinski definition) is 0. The minimum absolute atomic E-state index is 0. The predicted molar refractivity (Wildman–Crippen MR) is 85.0 cm³/mol. The maximum Gasteiger partial charge on any atom is 0.261 e. The summed E-state index contributed by atoms with van der Waals surface area (Å²) in [5.41, 5.74) is -1.73. The van der Waals surface area contributed by atoms with Crippen molar-refractivity contribution in [2.45, 2.75) is 28.3 Å². The number of hydrogen-bond acceptors (Lipinski definition) is 4. The molecule has 0 fully saturated rings. The first kappa shape index (κ1) is 16.6. The van der Waals surface area contributed by atoms with Crippen LogP contribution in [0.4, 0.5) is 0 Å². The molecule has 0 bridgehead atoms. The Balaban J connectivity index is 0.00000110. The Bertz CT molecular complexity index is 951. The van der Waals surface area contributed by atoms with Gasteiger partial charge in [0.05, 0.1) is 21.5 Å². The van der Waals surface area contributed by atoms with Gasteiger partial charge in [0.1, 0.15) is 0 Å². The van der Waals surface area contributed by atoms with E-state index in [1.165, 1.54) is 19.2 Å². The first-order valence-corrected chi connectivity index (χ1v) is 5.84. The zero-order valence-corrected chi connectivity index (χ0v) is 10.4. The van der Waals surface area contributed by atoms with Crippen LogP contribution < -0.4 is 22.2 Å². The number of rotatable bonds is 1. The van der Waals surface area contributed by atoms with Crippen LogP contribution in [0.15, 0.2) is 31.3 Å². The molecule has 0 atom stereocenters. The zero-order valence-electron chi connectivity index (χ0n) is 10.4. The Kier molecular flexibility index (Phi) is 4.04. The number of nitrogens with zero attached hydrogens (tertiary/aromatic N) is 2. The van der Waals surface area contributed by atoms with Gasteiger partial charge < -0.3 is 0 Å². The van der Waals surface area contributed by atoms with Crippen LogP contribution in [-0.4, -0.2) is 9.13 Å². The molecule has 0 spiro atoms. The van der Waals surface area contributed by atoms with Crippen LogP contribution in [0.3, 0.4) is 0 Å². The lowest BCUT2D eigenvalue weighted by atomic mass is 10.1. The Morgan fingerprint density at radius 2 is 1.10 bits per heavy atom. The minimum atomic E-state index is -0.446. The van der Waals surface area contributed by atoms with Crippen molar-refractivity contribution in [3.63, 3.8) is 0 Å². The quantitative estimate of drug-likeness (QED) is 0.662. The van der Waals surface area contributed by atoms with Crippen LogP contribution in [0.25, 0.3) is 21.5 Å². The first-order valence-electron chi connectivity index (χ1n) is 5.84. The molecule has 0 aliphatic heterocycles. The molecule has 0 saturated carbocycles. The van der Waals surface area contributed by atoms with Crippen molar-refractivity contribution in [1.82, 2.24) is 9.13 Å². The summed E-state index contributed by atoms with van der Waals surface area (Å²) in [5, 5.41) is 0.764. The number of aromatic nitrogens is 2. The van der Waals surface area contributed by atoms with Gasteiger partial charge in [-0.3, -0.25) is 28.3 Å². The molecule has 2 heterocycles. The Hall–Kier alpha value is -2.50. The van der Waals surface area contributed by atoms with Gasteiger partial charge in [0.2, 0.25) is 0 Å². The van der Waals surface area contributed by atoms with E-state index in [4.69, 9.17) is 0 Å². The summed E-state index contributed by atoms with van der Waals surface area (Å²) in [4.78, 5) is 47.7. The van der Waals surface area contributed by atoms with E-state index in [-0.39, 0.29) is 42.9 Å². The molecule has 6 heteroatoms. The lowest BCUT2D eigenvalue weighted by Gasteiger charge is -1.88. The average Bonchev–Trinajstić information content (AvgIpc) is 2.77. The molecular weight excluding hydrogens is 272 g/mol. The van der Waals surface area contributed by atoms with E-state index in [2.05, 4.69) is 0 Å². The van der Waals surface area contributed by atoms with Crippen LogP contribution in [0.2, 0.25) is 0 Å². The average molecular weight is 290 g/mol. The predicted octanol–water partition coefficient (Wildman–Crippen LogP) is 0.741. The van der Waals surface area contributed by atoms with Gasteiger partial charge in [-0.1, -0.05) is 14.9 Å². The first-order chi connectivity index (χ1) is 8.97. The van der Waals surface area contributed by atoms with Crippen molar-refractivity contribution in [3.05, 3.63) is 53.5 Å². The highest BCUT2D eigenvalue weighted by atomic mass is 16.2. The SMILES string of the molecule is C.C.CCn1c(=O)c2cc3c(=O)n(C)c(=O)c3cc2c1=O. The summed E-state index contributed by atoms with van der Waals surface area (Å²) < 4.78 is 2.07. The van der Waals surface area contributed by atoms with Crippen molar-refractivity contribution in [3.8, 4) is 0 Å². The van der Waals surface area contributed by atoms with Crippen LogP contribution in [0.1, 0.15) is 21.8 Å². The largest absolute Gasteiger partial charge is 0.277 e. The number of benzene rings is 1. The fourth-order valence-corrected chi connectivity index (χ4v) is 2.43. The molecule has 0 N–H and O–H groups in total. The molecular formula is C15H18N2O4. The van der Waals surface area contributed by atoms with E-state index in [1.54, 1.807) is 6.92 Å². The van der Waals surface area contributed by atoms with Crippen LogP contribution in [0.5, 0.6) is 0 Å². The Morgan fingerprint density at radius 1 is 0.762 bits per heavy atom. The summed E-state index contributed by atoms with van der Waals surface area (Å²) >= 11 is 0. The summed E-state index contributed by atoms with van der Waals surface area (Å²) in [6.45, 7) is 1.96. The van der Waals surface area contributed by atoms with Gasteiger partial charge in [0, 0.05) is 13.6 Å². The third-order valence-corrected chi connectivity index (χ3v) is 3.50. The van der Waals surface area contributed by atoms with Gasteiger partial charge in [-0.15, -0.1) is 0 Å². The fraction of sp³-hybridized carbons (Fsp3) is 0.333. The highest BCUT2D eigenvalue weighted by Crippen LogP contribution is 2.13. The number of fused-ring (bicyclic) bond motifs is 2. The van der Waals surface area contributed by atoms with Gasteiger partial charge in [0.25, 0.3) is 22.2 Å². The molecule has 0 amide bonds. The minimum Gasteiger partial charge on any atom is -0.277 e. The standard InChI is InChI=1S/C13H10N2O4.2CH4/c1-3-15-12(18)8-4-6-7(5-9(8)13(15)19)11(17)14(2)10(6)16;;/h4-5H,3H2,1-2H3;2*1H4. The maximum absolute atomic E-state index is 12.0. The molecule has 2 aromatic heterocycles. The molecule has 3 rings (SSSR count). The Morgan fingerprint density at radius 3 is 1.43 bits per heavy atom. The summed E-state index contributed by atoms with van der Waals surface area (Å²) in [6.07, 6.45) is 0. The molecule has 0 aliphatic carbocycles. The normalized spacial score (nSPS) is 10.6. The molecule has 0 saturated heterocycles. The van der Waals surface area contributed by atoms with Gasteiger partial charge in [-0.05, 0) is 19.1 Å². The zero-order chi connectivity index (χ0) is 13.9. The molecule has 0 aliphatic rings. The summed E-state index contributed by atoms with van der Waals surface area (Å²) in [5.74, 6) is 0. The topological polar surface area (TPSA) is 78.1 Å². The van der Waals surface area contributed by atoms with Gasteiger partial charge >= 0.3 is 0 Å². The molecule has 0 unspecified atom stereocenters. The molecule has 3 aromatic rings. The maximum atomic E-state index is 12.0. The van der Waals surface area contributed by atoms with E-state index >= 15 is 0 Å². The third-order valence-electron chi connectivity index (χ3n) is 3.50. The second kappa shape index (κ2) is 5.12. The smallest absolute Gasteiger partial charge is 0.261 e. The van der Waals surface area contributed by atoms with Crippen molar-refractivity contribution >= 4 is 21.5 Å². The van der Waals surface area contributed by atoms with Crippen molar-refractivity contribution < 1.29 is 0 Å². The van der Waals surface area contributed by atoms with Gasteiger partial charge in [-0.25, -0.2) is 0 Å². The molecule has 6 nitrogen and oxygen atoms in total. The van der Waals surface area contributed by atoms with Crippen molar-refractivity contribution in [1.29, 1.82) is 0 Å². The van der Waals surface area contributed by atoms with Crippen molar-refractivity contribution in [2.24, 2.45) is 7.05 Å². The summed E-state index contributed by atoms with van der Waals surface area (Å²) in [6, 6.07) is 2.70. The van der Waals surface area contributed by atoms with Gasteiger partial charge in [0.15, 0.2) is 0 Å². The van der Waals surface area contributed by atoms with E-state index in [0.29, 0.717) is 0 Å². The molecule has 1 aromatic carbocycles. The highest BCUT2D eigenvalue weighted by Gasteiger charge is 2.17. The lowest BCUT2D eigenvalue weighted by Crippen LogP contribution is -2.24. The highest BCUT2D eigenvalue weighted by molar-refractivity contribution is 5.97. The van der Waals surface area contributed by atoms with Crippen LogP contribution in [0, 0.1) is 0 Å². The van der Waals surface area contributed by atoms with Crippen molar-refractivity contribution in [2.75, 3.05) is 0 Å². The Labute approximate surface area is 120 Å². The summed E-state index contributed by atoms with van der Waals surface area (Å²) in [7, 11) is 1.37. The second-order valence-electron chi connectivity index (χ2n) is 4.47. The van der Waals surface area contributed by atoms with E-state index in [0.717, 1.165) is 9.13 Å².